The molecule has 1 heterocycles. The highest BCUT2D eigenvalue weighted by molar-refractivity contribution is 5.97. The van der Waals surface area contributed by atoms with Crippen molar-refractivity contribution < 1.29 is 19.1 Å². The van der Waals surface area contributed by atoms with E-state index in [1.807, 2.05) is 0 Å². The van der Waals surface area contributed by atoms with Crippen molar-refractivity contribution in [3.05, 3.63) is 47.0 Å². The SMILES string of the molecule is CC(C(=O)O)N(C(=O)c1nn(-c2cccc(F)c2)c2c1CCCC2)C1CC1. The van der Waals surface area contributed by atoms with E-state index in [1.165, 1.54) is 24.0 Å². The first-order chi connectivity index (χ1) is 13.0. The minimum absolute atomic E-state index is 0.0397. The maximum atomic E-state index is 13.7. The highest BCUT2D eigenvalue weighted by Gasteiger charge is 2.41. The zero-order valence-corrected chi connectivity index (χ0v) is 15.2. The van der Waals surface area contributed by atoms with E-state index in [9.17, 15) is 19.1 Å². The maximum absolute atomic E-state index is 13.7. The Morgan fingerprint density at radius 2 is 2.04 bits per heavy atom. The van der Waals surface area contributed by atoms with Crippen molar-refractivity contribution in [2.24, 2.45) is 0 Å². The van der Waals surface area contributed by atoms with E-state index in [1.54, 1.807) is 16.8 Å². The number of halogens is 1. The smallest absolute Gasteiger partial charge is 0.326 e. The summed E-state index contributed by atoms with van der Waals surface area (Å²) in [6.45, 7) is 1.54. The van der Waals surface area contributed by atoms with Gasteiger partial charge in [-0.3, -0.25) is 4.79 Å². The molecule has 142 valence electrons. The lowest BCUT2D eigenvalue weighted by Gasteiger charge is -2.26. The molecule has 2 aromatic rings. The lowest BCUT2D eigenvalue weighted by Crippen LogP contribution is -2.45. The van der Waals surface area contributed by atoms with Gasteiger partial charge in [-0.1, -0.05) is 6.07 Å². The summed E-state index contributed by atoms with van der Waals surface area (Å²) in [5.74, 6) is -1.71. The molecular weight excluding hydrogens is 349 g/mol. The Kier molecular flexibility index (Phi) is 4.45. The fourth-order valence-electron chi connectivity index (χ4n) is 3.84. The van der Waals surface area contributed by atoms with Gasteiger partial charge in [0.2, 0.25) is 0 Å². The topological polar surface area (TPSA) is 75.4 Å². The maximum Gasteiger partial charge on any atom is 0.326 e. The van der Waals surface area contributed by atoms with Crippen LogP contribution in [0.3, 0.4) is 0 Å². The summed E-state index contributed by atoms with van der Waals surface area (Å²) in [4.78, 5) is 26.2. The van der Waals surface area contributed by atoms with E-state index in [0.717, 1.165) is 49.8 Å². The standard InChI is InChI=1S/C20H22FN3O3/c1-12(20(26)27)23(14-9-10-14)19(25)18-16-7-2-3-8-17(16)24(22-18)15-6-4-5-13(21)11-15/h4-6,11-12,14H,2-3,7-10H2,1H3,(H,26,27). The van der Waals surface area contributed by atoms with E-state index in [2.05, 4.69) is 5.10 Å². The van der Waals surface area contributed by atoms with Gasteiger partial charge in [-0.2, -0.15) is 5.10 Å². The molecular formula is C20H22FN3O3. The fraction of sp³-hybridized carbons (Fsp3) is 0.450. The number of aromatic nitrogens is 2. The van der Waals surface area contributed by atoms with Gasteiger partial charge in [0.25, 0.3) is 5.91 Å². The zero-order valence-electron chi connectivity index (χ0n) is 15.2. The summed E-state index contributed by atoms with van der Waals surface area (Å²) in [6.07, 6.45) is 5.07. The molecule has 0 spiro atoms. The molecule has 2 aliphatic rings. The molecule has 1 atom stereocenters. The second-order valence-electron chi connectivity index (χ2n) is 7.33. The van der Waals surface area contributed by atoms with Crippen LogP contribution in [0, 0.1) is 5.82 Å². The molecule has 1 N–H and O–H groups in total. The first-order valence-corrected chi connectivity index (χ1v) is 9.39. The summed E-state index contributed by atoms with van der Waals surface area (Å²) in [5, 5.41) is 14.0. The van der Waals surface area contributed by atoms with Crippen LogP contribution in [0.1, 0.15) is 54.4 Å². The second kappa shape index (κ2) is 6.79. The van der Waals surface area contributed by atoms with Gasteiger partial charge in [0.05, 0.1) is 5.69 Å². The van der Waals surface area contributed by atoms with Gasteiger partial charge in [-0.25, -0.2) is 13.9 Å². The zero-order chi connectivity index (χ0) is 19.1. The van der Waals surface area contributed by atoms with Crippen molar-refractivity contribution in [1.29, 1.82) is 0 Å². The van der Waals surface area contributed by atoms with Crippen LogP contribution < -0.4 is 0 Å². The number of nitrogens with zero attached hydrogens (tertiary/aromatic N) is 3. The summed E-state index contributed by atoms with van der Waals surface area (Å²) in [6, 6.07) is 5.21. The Labute approximate surface area is 156 Å². The molecule has 1 unspecified atom stereocenters. The third-order valence-corrected chi connectivity index (χ3v) is 5.38. The summed E-state index contributed by atoms with van der Waals surface area (Å²) < 4.78 is 15.4. The van der Waals surface area contributed by atoms with E-state index >= 15 is 0 Å². The normalized spacial score (nSPS) is 17.3. The average molecular weight is 371 g/mol. The molecule has 1 aromatic heterocycles. The predicted octanol–water partition coefficient (Wildman–Crippen LogP) is 2.97. The fourth-order valence-corrected chi connectivity index (χ4v) is 3.84. The number of carboxylic acids is 1. The molecule has 0 saturated heterocycles. The number of rotatable bonds is 5. The molecule has 2 aliphatic carbocycles. The van der Waals surface area contributed by atoms with Crippen LogP contribution >= 0.6 is 0 Å². The van der Waals surface area contributed by atoms with Gasteiger partial charge in [0.1, 0.15) is 11.9 Å². The van der Waals surface area contributed by atoms with Crippen molar-refractivity contribution in [2.75, 3.05) is 0 Å². The molecule has 7 heteroatoms. The van der Waals surface area contributed by atoms with Crippen molar-refractivity contribution >= 4 is 11.9 Å². The lowest BCUT2D eigenvalue weighted by molar-refractivity contribution is -0.141. The Hall–Kier alpha value is -2.70. The van der Waals surface area contributed by atoms with Crippen molar-refractivity contribution in [2.45, 2.75) is 57.5 Å². The van der Waals surface area contributed by atoms with E-state index in [0.29, 0.717) is 11.4 Å². The van der Waals surface area contributed by atoms with E-state index in [-0.39, 0.29) is 17.8 Å². The Balaban J connectivity index is 1.78. The lowest BCUT2D eigenvalue weighted by atomic mass is 9.95. The van der Waals surface area contributed by atoms with Crippen molar-refractivity contribution in [1.82, 2.24) is 14.7 Å². The Morgan fingerprint density at radius 3 is 2.70 bits per heavy atom. The van der Waals surface area contributed by atoms with Gasteiger partial charge < -0.3 is 10.0 Å². The molecule has 1 amide bonds. The minimum Gasteiger partial charge on any atom is -0.480 e. The third kappa shape index (κ3) is 3.22. The Bertz CT molecular complexity index is 904. The number of carbonyl (C=O) groups is 2. The van der Waals surface area contributed by atoms with Gasteiger partial charge in [-0.15, -0.1) is 0 Å². The quantitative estimate of drug-likeness (QED) is 0.877. The van der Waals surface area contributed by atoms with Crippen LogP contribution in [0.15, 0.2) is 24.3 Å². The number of carbonyl (C=O) groups excluding carboxylic acids is 1. The summed E-state index contributed by atoms with van der Waals surface area (Å²) in [7, 11) is 0. The van der Waals surface area contributed by atoms with E-state index < -0.39 is 12.0 Å². The van der Waals surface area contributed by atoms with Gasteiger partial charge in [0.15, 0.2) is 5.69 Å². The monoisotopic (exact) mass is 371 g/mol. The summed E-state index contributed by atoms with van der Waals surface area (Å²) >= 11 is 0. The molecule has 1 aromatic carbocycles. The van der Waals surface area contributed by atoms with Gasteiger partial charge in [-0.05, 0) is 63.6 Å². The number of amides is 1. The molecule has 1 fully saturated rings. The van der Waals surface area contributed by atoms with Crippen LogP contribution in [0.25, 0.3) is 5.69 Å². The number of carboxylic acid groups (broad SMARTS) is 1. The van der Waals surface area contributed by atoms with Crippen molar-refractivity contribution in [3.63, 3.8) is 0 Å². The minimum atomic E-state index is -1.02. The average Bonchev–Trinajstić information content (AvgIpc) is 3.40. The van der Waals surface area contributed by atoms with Crippen LogP contribution in [0.4, 0.5) is 4.39 Å². The van der Waals surface area contributed by atoms with Crippen molar-refractivity contribution in [3.8, 4) is 5.69 Å². The van der Waals surface area contributed by atoms with Crippen LogP contribution in [-0.2, 0) is 17.6 Å². The Morgan fingerprint density at radius 1 is 1.30 bits per heavy atom. The van der Waals surface area contributed by atoms with Crippen LogP contribution in [0.5, 0.6) is 0 Å². The first kappa shape index (κ1) is 17.7. The predicted molar refractivity (Wildman–Crippen MR) is 96.5 cm³/mol. The molecule has 0 aliphatic heterocycles. The first-order valence-electron chi connectivity index (χ1n) is 9.39. The number of aliphatic carboxylic acids is 1. The van der Waals surface area contributed by atoms with E-state index in [4.69, 9.17) is 0 Å². The van der Waals surface area contributed by atoms with Crippen LogP contribution in [-0.4, -0.2) is 43.7 Å². The number of hydrogen-bond acceptors (Lipinski definition) is 3. The largest absolute Gasteiger partial charge is 0.480 e. The molecule has 0 radical (unpaired) electrons. The van der Waals surface area contributed by atoms with Gasteiger partial charge >= 0.3 is 5.97 Å². The third-order valence-electron chi connectivity index (χ3n) is 5.38. The van der Waals surface area contributed by atoms with Crippen LogP contribution in [0.2, 0.25) is 0 Å². The second-order valence-corrected chi connectivity index (χ2v) is 7.33. The number of benzene rings is 1. The highest BCUT2D eigenvalue weighted by Crippen LogP contribution is 2.33. The molecule has 6 nitrogen and oxygen atoms in total. The number of hydrogen-bond donors (Lipinski definition) is 1. The molecule has 4 rings (SSSR count). The van der Waals surface area contributed by atoms with Gasteiger partial charge in [0, 0.05) is 17.3 Å². The molecule has 27 heavy (non-hydrogen) atoms. The molecule has 0 bridgehead atoms. The highest BCUT2D eigenvalue weighted by atomic mass is 19.1. The number of fused-ring (bicyclic) bond motifs is 1. The molecule has 1 saturated carbocycles. The summed E-state index contributed by atoms with van der Waals surface area (Å²) in [5.41, 5.74) is 2.69.